The highest BCUT2D eigenvalue weighted by Gasteiger charge is 2.17. The van der Waals surface area contributed by atoms with Crippen molar-refractivity contribution in [1.82, 2.24) is 4.90 Å². The summed E-state index contributed by atoms with van der Waals surface area (Å²) in [6, 6.07) is 5.38. The third kappa shape index (κ3) is 3.77. The zero-order valence-corrected chi connectivity index (χ0v) is 12.0. The summed E-state index contributed by atoms with van der Waals surface area (Å²) < 4.78 is 0. The van der Waals surface area contributed by atoms with Crippen LogP contribution in [0.1, 0.15) is 12.5 Å². The number of rotatable bonds is 4. The average Bonchev–Trinajstić information content (AvgIpc) is 2.32. The Bertz CT molecular complexity index is 409. The number of amides is 1. The van der Waals surface area contributed by atoms with Crippen molar-refractivity contribution < 1.29 is 4.79 Å². The van der Waals surface area contributed by atoms with E-state index >= 15 is 0 Å². The van der Waals surface area contributed by atoms with Gasteiger partial charge in [-0.05, 0) is 11.6 Å². The lowest BCUT2D eigenvalue weighted by atomic mass is 10.1. The van der Waals surface area contributed by atoms with Crippen LogP contribution in [0.2, 0.25) is 10.0 Å². The van der Waals surface area contributed by atoms with Crippen molar-refractivity contribution in [1.29, 1.82) is 0 Å². The molecule has 1 atom stereocenters. The topological polar surface area (TPSA) is 20.3 Å². The molecule has 0 aliphatic rings. The number of halogens is 3. The molecule has 0 aromatic heterocycles. The van der Waals surface area contributed by atoms with E-state index < -0.39 is 0 Å². The standard InChI is InChI=1S/C12H14Cl3NO/c1-8(6-13)12(17)16(2)7-9-4-3-5-10(14)11(9)15/h3-5,8H,6-7H2,1-2H3. The van der Waals surface area contributed by atoms with Crippen LogP contribution in [0.25, 0.3) is 0 Å². The van der Waals surface area contributed by atoms with E-state index in [0.29, 0.717) is 22.5 Å². The van der Waals surface area contributed by atoms with Gasteiger partial charge in [0.2, 0.25) is 5.91 Å². The molecule has 1 amide bonds. The minimum Gasteiger partial charge on any atom is -0.341 e. The molecular weight excluding hydrogens is 280 g/mol. The van der Waals surface area contributed by atoms with Gasteiger partial charge in [0, 0.05) is 25.4 Å². The van der Waals surface area contributed by atoms with Crippen LogP contribution in [-0.2, 0) is 11.3 Å². The van der Waals surface area contributed by atoms with Crippen LogP contribution in [0.4, 0.5) is 0 Å². The monoisotopic (exact) mass is 293 g/mol. The van der Waals surface area contributed by atoms with Crippen LogP contribution in [0.5, 0.6) is 0 Å². The van der Waals surface area contributed by atoms with Crippen molar-refractivity contribution in [2.45, 2.75) is 13.5 Å². The van der Waals surface area contributed by atoms with Crippen LogP contribution in [0.15, 0.2) is 18.2 Å². The fraction of sp³-hybridized carbons (Fsp3) is 0.417. The van der Waals surface area contributed by atoms with Gasteiger partial charge in [-0.3, -0.25) is 4.79 Å². The zero-order valence-electron chi connectivity index (χ0n) is 9.71. The van der Waals surface area contributed by atoms with Gasteiger partial charge in [-0.25, -0.2) is 0 Å². The molecule has 1 aromatic carbocycles. The average molecular weight is 295 g/mol. The Kier molecular flexibility index (Phi) is 5.57. The molecule has 0 aliphatic carbocycles. The summed E-state index contributed by atoms with van der Waals surface area (Å²) in [4.78, 5) is 13.4. The molecule has 0 bridgehead atoms. The molecular formula is C12H14Cl3NO. The summed E-state index contributed by atoms with van der Waals surface area (Å²) in [7, 11) is 1.72. The highest BCUT2D eigenvalue weighted by molar-refractivity contribution is 6.42. The third-order valence-corrected chi connectivity index (χ3v) is 3.79. The smallest absolute Gasteiger partial charge is 0.226 e. The second-order valence-corrected chi connectivity index (χ2v) is 5.06. The molecule has 5 heteroatoms. The lowest BCUT2D eigenvalue weighted by Crippen LogP contribution is -2.32. The van der Waals surface area contributed by atoms with E-state index in [1.807, 2.05) is 12.1 Å². The molecule has 0 saturated heterocycles. The van der Waals surface area contributed by atoms with Crippen molar-refractivity contribution in [2.24, 2.45) is 5.92 Å². The van der Waals surface area contributed by atoms with Gasteiger partial charge in [-0.2, -0.15) is 0 Å². The summed E-state index contributed by atoms with van der Waals surface area (Å²) in [6.07, 6.45) is 0. The quantitative estimate of drug-likeness (QED) is 0.773. The maximum atomic E-state index is 11.8. The van der Waals surface area contributed by atoms with E-state index in [0.717, 1.165) is 5.56 Å². The highest BCUT2D eigenvalue weighted by Crippen LogP contribution is 2.26. The van der Waals surface area contributed by atoms with Crippen LogP contribution in [0, 0.1) is 5.92 Å². The lowest BCUT2D eigenvalue weighted by molar-refractivity contribution is -0.133. The largest absolute Gasteiger partial charge is 0.341 e. The second kappa shape index (κ2) is 6.48. The first kappa shape index (κ1) is 14.6. The maximum Gasteiger partial charge on any atom is 0.226 e. The Morgan fingerprint density at radius 2 is 2.06 bits per heavy atom. The van der Waals surface area contributed by atoms with Gasteiger partial charge in [0.05, 0.1) is 10.0 Å². The number of carbonyl (C=O) groups excluding carboxylic acids is 1. The van der Waals surface area contributed by atoms with Crippen molar-refractivity contribution in [3.8, 4) is 0 Å². The third-order valence-electron chi connectivity index (χ3n) is 2.47. The minimum absolute atomic E-state index is 0.00366. The fourth-order valence-corrected chi connectivity index (χ4v) is 1.96. The van der Waals surface area contributed by atoms with Crippen LogP contribution in [0.3, 0.4) is 0 Å². The SMILES string of the molecule is CC(CCl)C(=O)N(C)Cc1cccc(Cl)c1Cl. The van der Waals surface area contributed by atoms with Gasteiger partial charge in [-0.15, -0.1) is 11.6 Å². The van der Waals surface area contributed by atoms with Crippen LogP contribution >= 0.6 is 34.8 Å². The normalized spacial score (nSPS) is 12.3. The molecule has 0 radical (unpaired) electrons. The predicted molar refractivity (Wildman–Crippen MR) is 72.8 cm³/mol. The molecule has 0 fully saturated rings. The van der Waals surface area contributed by atoms with Crippen molar-refractivity contribution >= 4 is 40.7 Å². The van der Waals surface area contributed by atoms with Gasteiger partial charge in [0.15, 0.2) is 0 Å². The van der Waals surface area contributed by atoms with Crippen molar-refractivity contribution in [3.05, 3.63) is 33.8 Å². The van der Waals surface area contributed by atoms with E-state index in [4.69, 9.17) is 34.8 Å². The van der Waals surface area contributed by atoms with Gasteiger partial charge in [0.1, 0.15) is 0 Å². The van der Waals surface area contributed by atoms with E-state index in [-0.39, 0.29) is 11.8 Å². The molecule has 2 nitrogen and oxygen atoms in total. The van der Waals surface area contributed by atoms with Crippen molar-refractivity contribution in [3.63, 3.8) is 0 Å². The molecule has 0 aliphatic heterocycles. The fourth-order valence-electron chi connectivity index (χ4n) is 1.45. The van der Waals surface area contributed by atoms with Crippen LogP contribution in [-0.4, -0.2) is 23.7 Å². The first-order chi connectivity index (χ1) is 7.97. The van der Waals surface area contributed by atoms with E-state index in [9.17, 15) is 4.79 Å². The number of nitrogens with zero attached hydrogens (tertiary/aromatic N) is 1. The Morgan fingerprint density at radius 3 is 2.65 bits per heavy atom. The Hall–Kier alpha value is -0.440. The Labute approximate surface area is 116 Å². The molecule has 0 saturated carbocycles. The first-order valence-corrected chi connectivity index (χ1v) is 6.50. The van der Waals surface area contributed by atoms with E-state index in [1.165, 1.54) is 0 Å². The molecule has 1 aromatic rings. The van der Waals surface area contributed by atoms with Gasteiger partial charge >= 0.3 is 0 Å². The maximum absolute atomic E-state index is 11.8. The molecule has 0 heterocycles. The highest BCUT2D eigenvalue weighted by atomic mass is 35.5. The number of hydrogen-bond acceptors (Lipinski definition) is 1. The Balaban J connectivity index is 2.78. The van der Waals surface area contributed by atoms with E-state index in [1.54, 1.807) is 24.9 Å². The molecule has 0 spiro atoms. The van der Waals surface area contributed by atoms with Gasteiger partial charge in [0.25, 0.3) is 0 Å². The van der Waals surface area contributed by atoms with Gasteiger partial charge < -0.3 is 4.90 Å². The lowest BCUT2D eigenvalue weighted by Gasteiger charge is -2.21. The number of hydrogen-bond donors (Lipinski definition) is 0. The van der Waals surface area contributed by atoms with Crippen LogP contribution < -0.4 is 0 Å². The zero-order chi connectivity index (χ0) is 13.0. The Morgan fingerprint density at radius 1 is 1.41 bits per heavy atom. The second-order valence-electron chi connectivity index (χ2n) is 3.96. The number of carbonyl (C=O) groups is 1. The number of benzene rings is 1. The summed E-state index contributed by atoms with van der Waals surface area (Å²) in [5, 5.41) is 0.989. The minimum atomic E-state index is -0.195. The van der Waals surface area contributed by atoms with Gasteiger partial charge in [-0.1, -0.05) is 42.3 Å². The summed E-state index contributed by atoms with van der Waals surface area (Å²) >= 11 is 17.6. The van der Waals surface area contributed by atoms with E-state index in [2.05, 4.69) is 0 Å². The predicted octanol–water partition coefficient (Wildman–Crippen LogP) is 3.83. The summed E-state index contributed by atoms with van der Waals surface area (Å²) in [5.74, 6) is 0.114. The molecule has 1 unspecified atom stereocenters. The molecule has 17 heavy (non-hydrogen) atoms. The first-order valence-electron chi connectivity index (χ1n) is 5.21. The molecule has 1 rings (SSSR count). The molecule has 94 valence electrons. The molecule has 0 N–H and O–H groups in total. The summed E-state index contributed by atoms with van der Waals surface area (Å²) in [5.41, 5.74) is 0.830. The number of alkyl halides is 1. The summed E-state index contributed by atoms with van der Waals surface area (Å²) in [6.45, 7) is 2.23. The van der Waals surface area contributed by atoms with Crippen molar-refractivity contribution in [2.75, 3.05) is 12.9 Å².